The number of oxazole rings is 1. The molecule has 0 unspecified atom stereocenters. The van der Waals surface area contributed by atoms with Gasteiger partial charge in [0.2, 0.25) is 11.8 Å². The molecule has 26 heavy (non-hydrogen) atoms. The zero-order valence-corrected chi connectivity index (χ0v) is 15.1. The minimum absolute atomic E-state index is 0.252. The summed E-state index contributed by atoms with van der Waals surface area (Å²) in [5.41, 5.74) is 2.86. The van der Waals surface area contributed by atoms with Crippen LogP contribution >= 0.6 is 15.9 Å². The highest BCUT2D eigenvalue weighted by Gasteiger charge is 2.09. The quantitative estimate of drug-likeness (QED) is 0.452. The highest BCUT2D eigenvalue weighted by molar-refractivity contribution is 9.10. The third-order valence-electron chi connectivity index (χ3n) is 3.69. The number of anilines is 1. The van der Waals surface area contributed by atoms with Crippen LogP contribution in [-0.2, 0) is 4.79 Å². The number of halogens is 1. The van der Waals surface area contributed by atoms with E-state index in [0.717, 1.165) is 10.0 Å². The van der Waals surface area contributed by atoms with Gasteiger partial charge < -0.3 is 14.2 Å². The normalized spacial score (nSPS) is 11.3. The van der Waals surface area contributed by atoms with Crippen LogP contribution in [0.3, 0.4) is 0 Å². The lowest BCUT2D eigenvalue weighted by Crippen LogP contribution is -2.07. The van der Waals surface area contributed by atoms with Crippen molar-refractivity contribution in [3.63, 3.8) is 0 Å². The van der Waals surface area contributed by atoms with Gasteiger partial charge in [0.15, 0.2) is 5.58 Å². The van der Waals surface area contributed by atoms with Crippen molar-refractivity contribution in [3.8, 4) is 11.5 Å². The highest BCUT2D eigenvalue weighted by atomic mass is 79.9. The van der Waals surface area contributed by atoms with Crippen LogP contribution in [0.15, 0.2) is 80.2 Å². The Hall–Kier alpha value is -3.12. The molecule has 128 valence electrons. The van der Waals surface area contributed by atoms with Crippen molar-refractivity contribution in [2.24, 2.45) is 0 Å². The number of rotatable bonds is 4. The number of hydrogen-bond donors (Lipinski definition) is 1. The fourth-order valence-electron chi connectivity index (χ4n) is 2.45. The molecule has 0 saturated carbocycles. The van der Waals surface area contributed by atoms with Crippen LogP contribution in [0.1, 0.15) is 5.76 Å². The van der Waals surface area contributed by atoms with Gasteiger partial charge in [-0.2, -0.15) is 0 Å². The Balaban J connectivity index is 1.53. The minimum atomic E-state index is -0.252. The number of fused-ring (bicyclic) bond motifs is 1. The molecule has 0 spiro atoms. The van der Waals surface area contributed by atoms with Crippen LogP contribution in [0.2, 0.25) is 0 Å². The lowest BCUT2D eigenvalue weighted by Gasteiger charge is -2.00. The molecule has 1 amide bonds. The van der Waals surface area contributed by atoms with Gasteiger partial charge in [0.05, 0.1) is 6.26 Å². The molecule has 0 aliphatic carbocycles. The smallest absolute Gasteiger partial charge is 0.248 e. The van der Waals surface area contributed by atoms with Crippen LogP contribution in [0, 0.1) is 0 Å². The second kappa shape index (κ2) is 7.01. The number of nitrogens with zero attached hydrogens (tertiary/aromatic N) is 1. The van der Waals surface area contributed by atoms with E-state index in [0.29, 0.717) is 28.4 Å². The van der Waals surface area contributed by atoms with Gasteiger partial charge in [0.25, 0.3) is 0 Å². The third-order valence-corrected chi connectivity index (χ3v) is 4.22. The van der Waals surface area contributed by atoms with Crippen LogP contribution < -0.4 is 5.32 Å². The van der Waals surface area contributed by atoms with Crippen molar-refractivity contribution in [1.82, 2.24) is 4.98 Å². The first-order valence-electron chi connectivity index (χ1n) is 7.86. The lowest BCUT2D eigenvalue weighted by molar-refractivity contribution is -0.111. The van der Waals surface area contributed by atoms with Gasteiger partial charge in [-0.25, -0.2) is 4.98 Å². The van der Waals surface area contributed by atoms with Gasteiger partial charge >= 0.3 is 0 Å². The molecule has 2 aromatic heterocycles. The predicted octanol–water partition coefficient (Wildman–Crippen LogP) is 5.50. The van der Waals surface area contributed by atoms with E-state index in [9.17, 15) is 4.79 Å². The number of hydrogen-bond acceptors (Lipinski definition) is 4. The molecule has 0 saturated heterocycles. The first kappa shape index (κ1) is 16.4. The molecule has 6 heteroatoms. The lowest BCUT2D eigenvalue weighted by atomic mass is 10.2. The Morgan fingerprint density at radius 1 is 1.12 bits per heavy atom. The van der Waals surface area contributed by atoms with Crippen molar-refractivity contribution < 1.29 is 13.6 Å². The summed E-state index contributed by atoms with van der Waals surface area (Å²) in [6, 6.07) is 16.6. The number of nitrogens with one attached hydrogen (secondary N) is 1. The van der Waals surface area contributed by atoms with E-state index in [2.05, 4.69) is 26.2 Å². The molecule has 2 aromatic carbocycles. The van der Waals surface area contributed by atoms with Crippen LogP contribution in [0.25, 0.3) is 28.6 Å². The largest absolute Gasteiger partial charge is 0.465 e. The van der Waals surface area contributed by atoms with Crippen molar-refractivity contribution in [3.05, 3.63) is 77.2 Å². The van der Waals surface area contributed by atoms with Crippen LogP contribution in [-0.4, -0.2) is 10.9 Å². The summed E-state index contributed by atoms with van der Waals surface area (Å²) >= 11 is 3.41. The molecule has 2 heterocycles. The number of amides is 1. The zero-order valence-electron chi connectivity index (χ0n) is 13.5. The Kier molecular flexibility index (Phi) is 4.41. The summed E-state index contributed by atoms with van der Waals surface area (Å²) in [4.78, 5) is 16.5. The van der Waals surface area contributed by atoms with Gasteiger partial charge in [-0.05, 0) is 60.7 Å². The first-order valence-corrected chi connectivity index (χ1v) is 8.66. The number of carbonyl (C=O) groups excluding carboxylic acids is 1. The summed E-state index contributed by atoms with van der Waals surface area (Å²) in [5.74, 6) is 0.900. The fourth-order valence-corrected chi connectivity index (χ4v) is 2.71. The van der Waals surface area contributed by atoms with Gasteiger partial charge in [0.1, 0.15) is 11.3 Å². The summed E-state index contributed by atoms with van der Waals surface area (Å²) in [6.45, 7) is 0. The molecule has 4 aromatic rings. The molecule has 0 fully saturated rings. The molecule has 0 aliphatic heterocycles. The van der Waals surface area contributed by atoms with Gasteiger partial charge in [-0.15, -0.1) is 0 Å². The maximum atomic E-state index is 12.0. The van der Waals surface area contributed by atoms with Crippen molar-refractivity contribution >= 4 is 44.7 Å². The standard InChI is InChI=1S/C20H13BrN2O3/c21-14-5-3-13(4-6-14)20-23-17-12-15(7-9-18(17)26-20)22-19(24)10-8-16-2-1-11-25-16/h1-12H,(H,22,24)/b10-8-. The zero-order chi connectivity index (χ0) is 17.9. The van der Waals surface area contributed by atoms with E-state index in [-0.39, 0.29) is 5.91 Å². The highest BCUT2D eigenvalue weighted by Crippen LogP contribution is 2.27. The molecule has 1 N–H and O–H groups in total. The van der Waals surface area contributed by atoms with E-state index < -0.39 is 0 Å². The van der Waals surface area contributed by atoms with Gasteiger partial charge in [0, 0.05) is 21.8 Å². The fraction of sp³-hybridized carbons (Fsp3) is 0. The SMILES string of the molecule is O=C(/C=C\c1ccco1)Nc1ccc2oc(-c3ccc(Br)cc3)nc2c1. The Morgan fingerprint density at radius 2 is 1.96 bits per heavy atom. The van der Waals surface area contributed by atoms with Crippen LogP contribution in [0.4, 0.5) is 5.69 Å². The average Bonchev–Trinajstić information content (AvgIpc) is 3.30. The van der Waals surface area contributed by atoms with Gasteiger partial charge in [-0.1, -0.05) is 15.9 Å². The molecule has 0 aliphatic rings. The molecule has 0 atom stereocenters. The molecular weight excluding hydrogens is 396 g/mol. The first-order chi connectivity index (χ1) is 12.7. The summed E-state index contributed by atoms with van der Waals surface area (Å²) in [5, 5.41) is 2.80. The molecule has 0 radical (unpaired) electrons. The monoisotopic (exact) mass is 408 g/mol. The van der Waals surface area contributed by atoms with Gasteiger partial charge in [-0.3, -0.25) is 4.79 Å². The molecule has 4 rings (SSSR count). The number of furan rings is 1. The maximum Gasteiger partial charge on any atom is 0.248 e. The molecule has 0 bridgehead atoms. The number of benzene rings is 2. The summed E-state index contributed by atoms with van der Waals surface area (Å²) in [7, 11) is 0. The van der Waals surface area contributed by atoms with Crippen molar-refractivity contribution in [2.75, 3.05) is 5.32 Å². The second-order valence-corrected chi connectivity index (χ2v) is 6.46. The van der Waals surface area contributed by atoms with E-state index in [1.807, 2.05) is 24.3 Å². The van der Waals surface area contributed by atoms with Crippen molar-refractivity contribution in [2.45, 2.75) is 0 Å². The maximum absolute atomic E-state index is 12.0. The Bertz CT molecular complexity index is 1080. The third kappa shape index (κ3) is 3.60. The number of carbonyl (C=O) groups is 1. The van der Waals surface area contributed by atoms with E-state index in [4.69, 9.17) is 8.83 Å². The van der Waals surface area contributed by atoms with E-state index in [1.54, 1.807) is 42.7 Å². The molecule has 5 nitrogen and oxygen atoms in total. The van der Waals surface area contributed by atoms with E-state index in [1.165, 1.54) is 6.08 Å². The number of aromatic nitrogens is 1. The Morgan fingerprint density at radius 3 is 2.73 bits per heavy atom. The molecular formula is C20H13BrN2O3. The minimum Gasteiger partial charge on any atom is -0.465 e. The summed E-state index contributed by atoms with van der Waals surface area (Å²) in [6.07, 6.45) is 4.58. The summed E-state index contributed by atoms with van der Waals surface area (Å²) < 4.78 is 11.9. The predicted molar refractivity (Wildman–Crippen MR) is 104 cm³/mol. The Labute approximate surface area is 157 Å². The van der Waals surface area contributed by atoms with E-state index >= 15 is 0 Å². The topological polar surface area (TPSA) is 68.3 Å². The second-order valence-electron chi connectivity index (χ2n) is 5.55. The van der Waals surface area contributed by atoms with Crippen LogP contribution in [0.5, 0.6) is 0 Å². The van der Waals surface area contributed by atoms with Crippen molar-refractivity contribution in [1.29, 1.82) is 0 Å². The average molecular weight is 409 g/mol.